The number of benzene rings is 1. The molecule has 0 spiro atoms. The van der Waals surface area contributed by atoms with E-state index in [0.29, 0.717) is 5.92 Å². The molecule has 0 amide bonds. The number of ether oxygens (including phenoxy) is 1. The van der Waals surface area contributed by atoms with E-state index < -0.39 is 0 Å². The Morgan fingerprint density at radius 1 is 1.28 bits per heavy atom. The summed E-state index contributed by atoms with van der Waals surface area (Å²) in [5, 5.41) is 3.44. The first-order valence-corrected chi connectivity index (χ1v) is 6.18. The first-order valence-electron chi connectivity index (χ1n) is 6.18. The minimum atomic E-state index is 0.516. The van der Waals surface area contributed by atoms with E-state index in [4.69, 9.17) is 4.74 Å². The zero-order valence-electron chi connectivity index (χ0n) is 10.4. The Bertz CT molecular complexity index is 536. The van der Waals surface area contributed by atoms with Crippen LogP contribution in [0.3, 0.4) is 0 Å². The highest BCUT2D eigenvalue weighted by Gasteiger charge is 2.21. The van der Waals surface area contributed by atoms with Gasteiger partial charge in [0.25, 0.3) is 0 Å². The number of hydrogen-bond acceptors (Lipinski definition) is 3. The number of rotatable bonds is 3. The lowest BCUT2D eigenvalue weighted by molar-refractivity contribution is 0.412. The molecule has 0 saturated carbocycles. The highest BCUT2D eigenvalue weighted by Crippen LogP contribution is 2.33. The van der Waals surface area contributed by atoms with Gasteiger partial charge in [-0.05, 0) is 30.2 Å². The van der Waals surface area contributed by atoms with Crippen molar-refractivity contribution in [2.24, 2.45) is 0 Å². The second-order valence-corrected chi connectivity index (χ2v) is 4.56. The van der Waals surface area contributed by atoms with Crippen LogP contribution in [-0.4, -0.2) is 18.6 Å². The lowest BCUT2D eigenvalue weighted by atomic mass is 9.96. The maximum Gasteiger partial charge on any atom is 0.137 e. The van der Waals surface area contributed by atoms with Gasteiger partial charge >= 0.3 is 0 Å². The van der Waals surface area contributed by atoms with Crippen LogP contribution in [-0.2, 0) is 6.42 Å². The largest absolute Gasteiger partial charge is 0.495 e. The zero-order valence-corrected chi connectivity index (χ0v) is 10.4. The van der Waals surface area contributed by atoms with E-state index in [1.807, 2.05) is 12.1 Å². The summed E-state index contributed by atoms with van der Waals surface area (Å²) in [6.07, 6.45) is 2.75. The molecule has 1 unspecified atom stereocenters. The fraction of sp³-hybridized carbons (Fsp3) is 0.267. The summed E-state index contributed by atoms with van der Waals surface area (Å²) in [6, 6.07) is 12.5. The molecule has 2 aromatic rings. The molecular formula is C15H16N2O. The van der Waals surface area contributed by atoms with Gasteiger partial charge in [0.05, 0.1) is 13.3 Å². The molecule has 0 aliphatic carbocycles. The summed E-state index contributed by atoms with van der Waals surface area (Å²) < 4.78 is 5.12. The number of aromatic nitrogens is 1. The fourth-order valence-corrected chi connectivity index (χ4v) is 2.44. The molecule has 0 radical (unpaired) electrons. The van der Waals surface area contributed by atoms with Crippen molar-refractivity contribution in [2.45, 2.75) is 12.3 Å². The van der Waals surface area contributed by atoms with Crippen LogP contribution in [0, 0.1) is 0 Å². The van der Waals surface area contributed by atoms with Crippen molar-refractivity contribution in [3.63, 3.8) is 0 Å². The Morgan fingerprint density at radius 2 is 2.17 bits per heavy atom. The van der Waals surface area contributed by atoms with Crippen LogP contribution in [0.25, 0.3) is 0 Å². The van der Waals surface area contributed by atoms with E-state index in [2.05, 4.69) is 34.6 Å². The van der Waals surface area contributed by atoms with Gasteiger partial charge in [-0.3, -0.25) is 4.98 Å². The Kier molecular flexibility index (Phi) is 2.89. The SMILES string of the molecule is COc1ccc(CC2CNc3ccccc32)nc1. The number of pyridine rings is 1. The van der Waals surface area contributed by atoms with Crippen LogP contribution in [0.2, 0.25) is 0 Å². The summed E-state index contributed by atoms with van der Waals surface area (Å²) in [5.41, 5.74) is 3.77. The Balaban J connectivity index is 1.77. The van der Waals surface area contributed by atoms with Gasteiger partial charge in [-0.2, -0.15) is 0 Å². The van der Waals surface area contributed by atoms with E-state index in [-0.39, 0.29) is 0 Å². The number of fused-ring (bicyclic) bond motifs is 1. The van der Waals surface area contributed by atoms with Gasteiger partial charge in [0.15, 0.2) is 0 Å². The summed E-state index contributed by atoms with van der Waals surface area (Å²) in [4.78, 5) is 4.43. The minimum Gasteiger partial charge on any atom is -0.495 e. The standard InChI is InChI=1S/C15H16N2O/c1-18-13-7-6-12(16-10-13)8-11-9-17-15-5-3-2-4-14(11)15/h2-7,10-11,17H,8-9H2,1H3. The van der Waals surface area contributed by atoms with E-state index in [1.165, 1.54) is 11.3 Å². The molecule has 1 aliphatic rings. The molecule has 2 heterocycles. The first-order chi connectivity index (χ1) is 8.86. The third-order valence-electron chi connectivity index (χ3n) is 3.43. The molecule has 1 aromatic heterocycles. The molecule has 3 nitrogen and oxygen atoms in total. The van der Waals surface area contributed by atoms with Crippen LogP contribution in [0.15, 0.2) is 42.6 Å². The number of methoxy groups -OCH3 is 1. The van der Waals surface area contributed by atoms with Gasteiger partial charge in [-0.25, -0.2) is 0 Å². The van der Waals surface area contributed by atoms with Crippen molar-refractivity contribution in [2.75, 3.05) is 19.0 Å². The average Bonchev–Trinajstić information content (AvgIpc) is 2.83. The number of nitrogens with zero attached hydrogens (tertiary/aromatic N) is 1. The van der Waals surface area contributed by atoms with Gasteiger partial charge in [0.2, 0.25) is 0 Å². The van der Waals surface area contributed by atoms with Crippen molar-refractivity contribution in [3.8, 4) is 5.75 Å². The molecule has 3 heteroatoms. The molecule has 92 valence electrons. The van der Waals surface area contributed by atoms with Crippen molar-refractivity contribution in [1.29, 1.82) is 0 Å². The predicted molar refractivity (Wildman–Crippen MR) is 72.2 cm³/mol. The van der Waals surface area contributed by atoms with Crippen LogP contribution in [0.1, 0.15) is 17.2 Å². The van der Waals surface area contributed by atoms with Crippen LogP contribution >= 0.6 is 0 Å². The monoisotopic (exact) mass is 240 g/mol. The van der Waals surface area contributed by atoms with Crippen molar-refractivity contribution >= 4 is 5.69 Å². The maximum atomic E-state index is 5.12. The number of hydrogen-bond donors (Lipinski definition) is 1. The van der Waals surface area contributed by atoms with Gasteiger partial charge in [-0.1, -0.05) is 18.2 Å². The van der Waals surface area contributed by atoms with Gasteiger partial charge in [-0.15, -0.1) is 0 Å². The van der Waals surface area contributed by atoms with E-state index in [9.17, 15) is 0 Å². The number of nitrogens with one attached hydrogen (secondary N) is 1. The summed E-state index contributed by atoms with van der Waals surface area (Å²) in [7, 11) is 1.66. The molecule has 1 atom stereocenters. The van der Waals surface area contributed by atoms with Gasteiger partial charge in [0, 0.05) is 23.8 Å². The lowest BCUT2D eigenvalue weighted by Crippen LogP contribution is -2.06. The van der Waals surface area contributed by atoms with Crippen molar-refractivity contribution in [3.05, 3.63) is 53.9 Å². The van der Waals surface area contributed by atoms with Gasteiger partial charge < -0.3 is 10.1 Å². The third-order valence-corrected chi connectivity index (χ3v) is 3.43. The Morgan fingerprint density at radius 3 is 2.94 bits per heavy atom. The molecule has 3 rings (SSSR count). The minimum absolute atomic E-state index is 0.516. The van der Waals surface area contributed by atoms with Gasteiger partial charge in [0.1, 0.15) is 5.75 Å². The first kappa shape index (κ1) is 11.1. The molecule has 0 bridgehead atoms. The van der Waals surface area contributed by atoms with E-state index in [1.54, 1.807) is 13.3 Å². The number of anilines is 1. The van der Waals surface area contributed by atoms with E-state index in [0.717, 1.165) is 24.4 Å². The second-order valence-electron chi connectivity index (χ2n) is 4.56. The van der Waals surface area contributed by atoms with Crippen LogP contribution < -0.4 is 10.1 Å². The summed E-state index contributed by atoms with van der Waals surface area (Å²) >= 11 is 0. The lowest BCUT2D eigenvalue weighted by Gasteiger charge is -2.09. The smallest absolute Gasteiger partial charge is 0.137 e. The average molecular weight is 240 g/mol. The molecular weight excluding hydrogens is 224 g/mol. The van der Waals surface area contributed by atoms with Crippen LogP contribution in [0.5, 0.6) is 5.75 Å². The molecule has 0 saturated heterocycles. The highest BCUT2D eigenvalue weighted by molar-refractivity contribution is 5.57. The van der Waals surface area contributed by atoms with Crippen molar-refractivity contribution in [1.82, 2.24) is 4.98 Å². The molecule has 1 aromatic carbocycles. The maximum absolute atomic E-state index is 5.12. The highest BCUT2D eigenvalue weighted by atomic mass is 16.5. The fourth-order valence-electron chi connectivity index (χ4n) is 2.44. The molecule has 18 heavy (non-hydrogen) atoms. The van der Waals surface area contributed by atoms with Crippen molar-refractivity contribution < 1.29 is 4.74 Å². The van der Waals surface area contributed by atoms with E-state index >= 15 is 0 Å². The normalized spacial score (nSPS) is 17.1. The zero-order chi connectivity index (χ0) is 12.4. The predicted octanol–water partition coefficient (Wildman–Crippen LogP) is 2.84. The Hall–Kier alpha value is -2.03. The molecule has 1 aliphatic heterocycles. The quantitative estimate of drug-likeness (QED) is 0.895. The molecule has 0 fully saturated rings. The van der Waals surface area contributed by atoms with Crippen LogP contribution in [0.4, 0.5) is 5.69 Å². The Labute approximate surface area is 107 Å². The molecule has 1 N–H and O–H groups in total. The second kappa shape index (κ2) is 4.69. The summed E-state index contributed by atoms with van der Waals surface area (Å²) in [6.45, 7) is 0.993. The third kappa shape index (κ3) is 2.04. The number of para-hydroxylation sites is 1. The summed E-state index contributed by atoms with van der Waals surface area (Å²) in [5.74, 6) is 1.32. The topological polar surface area (TPSA) is 34.1 Å².